The Balaban J connectivity index is 2.02. The minimum atomic E-state index is 0.755. The zero-order chi connectivity index (χ0) is 14.3. The fourth-order valence-corrected chi connectivity index (χ4v) is 3.85. The molecule has 0 saturated heterocycles. The first-order valence-corrected chi connectivity index (χ1v) is 8.17. The second-order valence-corrected chi connectivity index (χ2v) is 6.61. The third-order valence-electron chi connectivity index (χ3n) is 4.77. The summed E-state index contributed by atoms with van der Waals surface area (Å²) < 4.78 is 5.11. The molecule has 3 rings (SSSR count). The van der Waals surface area contributed by atoms with Crippen molar-refractivity contribution >= 4 is 23.4 Å². The van der Waals surface area contributed by atoms with Gasteiger partial charge in [0.1, 0.15) is 5.52 Å². The van der Waals surface area contributed by atoms with Crippen molar-refractivity contribution in [1.29, 1.82) is 0 Å². The first kappa shape index (κ1) is 13.9. The van der Waals surface area contributed by atoms with Crippen molar-refractivity contribution in [3.63, 3.8) is 0 Å². The molecule has 2 atom stereocenters. The van der Waals surface area contributed by atoms with Crippen LogP contribution >= 0.6 is 12.2 Å². The Morgan fingerprint density at radius 3 is 2.85 bits per heavy atom. The van der Waals surface area contributed by atoms with Crippen molar-refractivity contribution in [1.82, 2.24) is 19.3 Å². The summed E-state index contributed by atoms with van der Waals surface area (Å²) in [6.07, 6.45) is 6.16. The predicted octanol–water partition coefficient (Wildman–Crippen LogP) is 3.82. The monoisotopic (exact) mass is 292 g/mol. The highest BCUT2D eigenvalue weighted by Gasteiger charge is 2.25. The Kier molecular flexibility index (Phi) is 3.71. The number of nitrogens with one attached hydrogen (secondary N) is 1. The highest BCUT2D eigenvalue weighted by Crippen LogP contribution is 2.33. The van der Waals surface area contributed by atoms with E-state index in [0.717, 1.165) is 52.9 Å². The average molecular weight is 292 g/mol. The standard InChI is InChI=1S/C15H24N4S/c1-4-6-12-13-14(18(3)17-12)19(15(20)16-13)9-11-8-5-7-10(11)2/h10-11H,4-9H2,1-3H3,(H,16,20). The fraction of sp³-hybridized carbons (Fsp3) is 0.733. The zero-order valence-corrected chi connectivity index (χ0v) is 13.5. The van der Waals surface area contributed by atoms with E-state index in [9.17, 15) is 0 Å². The Labute approximate surface area is 125 Å². The van der Waals surface area contributed by atoms with E-state index >= 15 is 0 Å². The molecule has 0 bridgehead atoms. The van der Waals surface area contributed by atoms with Crippen LogP contribution in [0.2, 0.25) is 0 Å². The number of hydrogen-bond acceptors (Lipinski definition) is 2. The molecule has 0 spiro atoms. The maximum Gasteiger partial charge on any atom is 0.179 e. The van der Waals surface area contributed by atoms with Gasteiger partial charge in [-0.25, -0.2) is 0 Å². The molecule has 0 amide bonds. The maximum atomic E-state index is 5.55. The minimum Gasteiger partial charge on any atom is -0.328 e. The molecular weight excluding hydrogens is 268 g/mol. The molecule has 2 aromatic rings. The van der Waals surface area contributed by atoms with Gasteiger partial charge in [0.25, 0.3) is 0 Å². The van der Waals surface area contributed by atoms with Gasteiger partial charge in [0.15, 0.2) is 10.4 Å². The van der Waals surface area contributed by atoms with Crippen LogP contribution in [0.15, 0.2) is 0 Å². The first-order chi connectivity index (χ1) is 9.61. The average Bonchev–Trinajstić information content (AvgIpc) is 3.02. The quantitative estimate of drug-likeness (QED) is 0.870. The molecular formula is C15H24N4S. The van der Waals surface area contributed by atoms with Crippen LogP contribution in [0, 0.1) is 16.6 Å². The van der Waals surface area contributed by atoms with E-state index in [0.29, 0.717) is 0 Å². The third kappa shape index (κ3) is 2.22. The summed E-state index contributed by atoms with van der Waals surface area (Å²) in [6, 6.07) is 0. The zero-order valence-electron chi connectivity index (χ0n) is 12.6. The summed E-state index contributed by atoms with van der Waals surface area (Å²) >= 11 is 5.55. The molecule has 1 aliphatic carbocycles. The minimum absolute atomic E-state index is 0.755. The van der Waals surface area contributed by atoms with Crippen LogP contribution < -0.4 is 0 Å². The molecule has 0 aromatic carbocycles. The van der Waals surface area contributed by atoms with Crippen molar-refractivity contribution in [2.45, 2.75) is 52.5 Å². The number of aromatic amines is 1. The first-order valence-electron chi connectivity index (χ1n) is 7.76. The molecule has 0 radical (unpaired) electrons. The van der Waals surface area contributed by atoms with Crippen LogP contribution in [-0.2, 0) is 20.0 Å². The van der Waals surface area contributed by atoms with E-state index in [2.05, 4.69) is 28.5 Å². The Morgan fingerprint density at radius 2 is 2.20 bits per heavy atom. The summed E-state index contributed by atoms with van der Waals surface area (Å²) in [5, 5.41) is 4.65. The number of hydrogen-bond donors (Lipinski definition) is 1. The number of fused-ring (bicyclic) bond motifs is 1. The Morgan fingerprint density at radius 1 is 1.40 bits per heavy atom. The van der Waals surface area contributed by atoms with E-state index < -0.39 is 0 Å². The van der Waals surface area contributed by atoms with Gasteiger partial charge in [-0.15, -0.1) is 0 Å². The lowest BCUT2D eigenvalue weighted by Crippen LogP contribution is -2.14. The molecule has 2 heterocycles. The predicted molar refractivity (Wildman–Crippen MR) is 84.4 cm³/mol. The highest BCUT2D eigenvalue weighted by atomic mass is 32.1. The number of aryl methyl sites for hydroxylation is 2. The number of aromatic nitrogens is 4. The smallest absolute Gasteiger partial charge is 0.179 e. The number of H-pyrrole nitrogens is 1. The van der Waals surface area contributed by atoms with Gasteiger partial charge in [-0.05, 0) is 36.9 Å². The van der Waals surface area contributed by atoms with Crippen molar-refractivity contribution in [3.05, 3.63) is 10.5 Å². The second kappa shape index (κ2) is 5.35. The SMILES string of the molecule is CCCc1nn(C)c2c1[nH]c(=S)n2CC1CCCC1C. The van der Waals surface area contributed by atoms with Crippen LogP contribution in [0.5, 0.6) is 0 Å². The molecule has 1 fully saturated rings. The third-order valence-corrected chi connectivity index (χ3v) is 5.09. The van der Waals surface area contributed by atoms with Crippen LogP contribution in [0.1, 0.15) is 45.2 Å². The fourth-order valence-electron chi connectivity index (χ4n) is 3.59. The van der Waals surface area contributed by atoms with Gasteiger partial charge in [-0.2, -0.15) is 5.10 Å². The van der Waals surface area contributed by atoms with E-state index in [1.807, 2.05) is 11.7 Å². The van der Waals surface area contributed by atoms with Crippen molar-refractivity contribution < 1.29 is 0 Å². The van der Waals surface area contributed by atoms with Crippen LogP contribution in [0.25, 0.3) is 11.2 Å². The molecule has 1 aliphatic rings. The van der Waals surface area contributed by atoms with Gasteiger partial charge in [-0.1, -0.05) is 33.1 Å². The number of rotatable bonds is 4. The number of imidazole rings is 1. The van der Waals surface area contributed by atoms with Gasteiger partial charge in [0.05, 0.1) is 5.69 Å². The van der Waals surface area contributed by atoms with Crippen LogP contribution in [0.3, 0.4) is 0 Å². The molecule has 1 N–H and O–H groups in total. The van der Waals surface area contributed by atoms with Gasteiger partial charge in [0, 0.05) is 13.6 Å². The molecule has 5 heteroatoms. The van der Waals surface area contributed by atoms with Crippen LogP contribution in [0.4, 0.5) is 0 Å². The van der Waals surface area contributed by atoms with E-state index in [-0.39, 0.29) is 0 Å². The molecule has 110 valence electrons. The van der Waals surface area contributed by atoms with Gasteiger partial charge < -0.3 is 9.55 Å². The van der Waals surface area contributed by atoms with Crippen molar-refractivity contribution in [2.75, 3.05) is 0 Å². The molecule has 0 aliphatic heterocycles. The second-order valence-electron chi connectivity index (χ2n) is 6.23. The Bertz CT molecular complexity index is 663. The van der Waals surface area contributed by atoms with E-state index in [4.69, 9.17) is 12.2 Å². The van der Waals surface area contributed by atoms with E-state index in [1.165, 1.54) is 19.3 Å². The lowest BCUT2D eigenvalue weighted by molar-refractivity contribution is 0.364. The molecule has 20 heavy (non-hydrogen) atoms. The van der Waals surface area contributed by atoms with Crippen LogP contribution in [-0.4, -0.2) is 19.3 Å². The summed E-state index contributed by atoms with van der Waals surface area (Å²) in [5.74, 6) is 1.57. The van der Waals surface area contributed by atoms with Gasteiger partial charge in [-0.3, -0.25) is 4.68 Å². The highest BCUT2D eigenvalue weighted by molar-refractivity contribution is 7.71. The molecule has 2 unspecified atom stereocenters. The topological polar surface area (TPSA) is 38.5 Å². The summed E-state index contributed by atoms with van der Waals surface area (Å²) in [6.45, 7) is 5.59. The maximum absolute atomic E-state index is 5.55. The molecule has 2 aromatic heterocycles. The summed E-state index contributed by atoms with van der Waals surface area (Å²) in [5.41, 5.74) is 3.46. The largest absolute Gasteiger partial charge is 0.328 e. The van der Waals surface area contributed by atoms with Gasteiger partial charge in [0.2, 0.25) is 0 Å². The normalized spacial score (nSPS) is 22.9. The lowest BCUT2D eigenvalue weighted by Gasteiger charge is -2.16. The summed E-state index contributed by atoms with van der Waals surface area (Å²) in [4.78, 5) is 3.38. The van der Waals surface area contributed by atoms with E-state index in [1.54, 1.807) is 0 Å². The molecule has 1 saturated carbocycles. The molecule has 4 nitrogen and oxygen atoms in total. The van der Waals surface area contributed by atoms with Crippen molar-refractivity contribution in [2.24, 2.45) is 18.9 Å². The van der Waals surface area contributed by atoms with Gasteiger partial charge >= 0.3 is 0 Å². The summed E-state index contributed by atoms with van der Waals surface area (Å²) in [7, 11) is 2.03. The Hall–Kier alpha value is -1.10. The number of nitrogens with zero attached hydrogens (tertiary/aromatic N) is 3. The van der Waals surface area contributed by atoms with Crippen molar-refractivity contribution in [3.8, 4) is 0 Å². The lowest BCUT2D eigenvalue weighted by atomic mass is 9.98.